The summed E-state index contributed by atoms with van der Waals surface area (Å²) in [6.07, 6.45) is -0.643. The lowest BCUT2D eigenvalue weighted by Crippen LogP contribution is -2.31. The first kappa shape index (κ1) is 21.2. The molecule has 32 heavy (non-hydrogen) atoms. The molecule has 2 aromatic heterocycles. The average molecular weight is 432 g/mol. The SMILES string of the molecule is Nc1nc(N)c2nc(-c3ccc(OCC(O)CNCc4ccccc4)cc3)c(N)nc2n1. The molecule has 0 bridgehead atoms. The third-order valence-electron chi connectivity index (χ3n) is 4.72. The molecule has 0 aliphatic heterocycles. The Balaban J connectivity index is 1.36. The van der Waals surface area contributed by atoms with Gasteiger partial charge in [-0.05, 0) is 29.8 Å². The summed E-state index contributed by atoms with van der Waals surface area (Å²) in [7, 11) is 0. The maximum absolute atomic E-state index is 10.1. The van der Waals surface area contributed by atoms with Crippen molar-refractivity contribution < 1.29 is 9.84 Å². The van der Waals surface area contributed by atoms with Crippen LogP contribution in [0.1, 0.15) is 5.56 Å². The Bertz CT molecular complexity index is 1200. The summed E-state index contributed by atoms with van der Waals surface area (Å²) < 4.78 is 5.68. The van der Waals surface area contributed by atoms with Crippen LogP contribution >= 0.6 is 0 Å². The van der Waals surface area contributed by atoms with Crippen molar-refractivity contribution in [1.29, 1.82) is 0 Å². The van der Waals surface area contributed by atoms with E-state index in [1.54, 1.807) is 24.3 Å². The van der Waals surface area contributed by atoms with Crippen LogP contribution in [0.3, 0.4) is 0 Å². The summed E-state index contributed by atoms with van der Waals surface area (Å²) in [5.74, 6) is 0.953. The molecule has 0 aliphatic carbocycles. The van der Waals surface area contributed by atoms with Crippen molar-refractivity contribution in [3.8, 4) is 17.0 Å². The first-order chi connectivity index (χ1) is 15.5. The van der Waals surface area contributed by atoms with Gasteiger partial charge in [0.05, 0.1) is 0 Å². The van der Waals surface area contributed by atoms with E-state index in [1.165, 1.54) is 0 Å². The number of anilines is 3. The highest BCUT2D eigenvalue weighted by atomic mass is 16.5. The molecule has 164 valence electrons. The summed E-state index contributed by atoms with van der Waals surface area (Å²) in [4.78, 5) is 16.6. The van der Waals surface area contributed by atoms with Crippen LogP contribution in [0.25, 0.3) is 22.4 Å². The molecule has 10 nitrogen and oxygen atoms in total. The number of fused-ring (bicyclic) bond motifs is 1. The number of rotatable bonds is 8. The van der Waals surface area contributed by atoms with Gasteiger partial charge in [0, 0.05) is 18.7 Å². The minimum absolute atomic E-state index is 0.00963. The van der Waals surface area contributed by atoms with E-state index in [-0.39, 0.29) is 29.8 Å². The molecule has 1 unspecified atom stereocenters. The second kappa shape index (κ2) is 9.41. The third-order valence-corrected chi connectivity index (χ3v) is 4.72. The van der Waals surface area contributed by atoms with Crippen molar-refractivity contribution in [1.82, 2.24) is 25.3 Å². The second-order valence-electron chi connectivity index (χ2n) is 7.20. The monoisotopic (exact) mass is 432 g/mol. The normalized spacial score (nSPS) is 12.0. The van der Waals surface area contributed by atoms with Gasteiger partial charge in [-0.1, -0.05) is 30.3 Å². The Kier molecular flexibility index (Phi) is 6.24. The van der Waals surface area contributed by atoms with Gasteiger partial charge in [0.25, 0.3) is 0 Å². The van der Waals surface area contributed by atoms with Crippen LogP contribution < -0.4 is 27.3 Å². The molecule has 8 N–H and O–H groups in total. The molecule has 10 heteroatoms. The van der Waals surface area contributed by atoms with Crippen LogP contribution in [-0.2, 0) is 6.54 Å². The van der Waals surface area contributed by atoms with Crippen molar-refractivity contribution in [2.45, 2.75) is 12.6 Å². The maximum Gasteiger partial charge on any atom is 0.224 e. The summed E-state index contributed by atoms with van der Waals surface area (Å²) in [6, 6.07) is 17.1. The zero-order valence-corrected chi connectivity index (χ0v) is 17.3. The molecule has 0 saturated carbocycles. The fraction of sp³-hybridized carbons (Fsp3) is 0.182. The van der Waals surface area contributed by atoms with E-state index in [0.717, 1.165) is 11.1 Å². The van der Waals surface area contributed by atoms with Crippen LogP contribution in [0.5, 0.6) is 5.75 Å². The van der Waals surface area contributed by atoms with Gasteiger partial charge in [-0.25, -0.2) is 9.97 Å². The van der Waals surface area contributed by atoms with Crippen LogP contribution in [0.15, 0.2) is 54.6 Å². The largest absolute Gasteiger partial charge is 0.491 e. The molecule has 0 radical (unpaired) electrons. The van der Waals surface area contributed by atoms with E-state index in [1.807, 2.05) is 30.3 Å². The van der Waals surface area contributed by atoms with Crippen molar-refractivity contribution in [2.24, 2.45) is 0 Å². The summed E-state index contributed by atoms with van der Waals surface area (Å²) in [5, 5.41) is 13.4. The summed E-state index contributed by atoms with van der Waals surface area (Å²) in [5.41, 5.74) is 20.5. The predicted molar refractivity (Wildman–Crippen MR) is 123 cm³/mol. The minimum Gasteiger partial charge on any atom is -0.491 e. The number of hydrogen-bond acceptors (Lipinski definition) is 10. The van der Waals surface area contributed by atoms with Gasteiger partial charge in [0.15, 0.2) is 22.8 Å². The third kappa shape index (κ3) is 4.99. The first-order valence-corrected chi connectivity index (χ1v) is 10.0. The Morgan fingerprint density at radius 1 is 0.875 bits per heavy atom. The van der Waals surface area contributed by atoms with Crippen LogP contribution in [0.4, 0.5) is 17.6 Å². The van der Waals surface area contributed by atoms with Gasteiger partial charge in [-0.2, -0.15) is 9.97 Å². The summed E-state index contributed by atoms with van der Waals surface area (Å²) >= 11 is 0. The molecular formula is C22H24N8O2. The minimum atomic E-state index is -0.643. The highest BCUT2D eigenvalue weighted by Crippen LogP contribution is 2.27. The maximum atomic E-state index is 10.1. The molecule has 0 spiro atoms. The van der Waals surface area contributed by atoms with Gasteiger partial charge in [-0.15, -0.1) is 0 Å². The Morgan fingerprint density at radius 2 is 1.62 bits per heavy atom. The number of nitrogens with zero attached hydrogens (tertiary/aromatic N) is 4. The number of aliphatic hydroxyl groups excluding tert-OH is 1. The zero-order valence-electron chi connectivity index (χ0n) is 17.3. The van der Waals surface area contributed by atoms with Crippen molar-refractivity contribution in [3.63, 3.8) is 0 Å². The van der Waals surface area contributed by atoms with Crippen molar-refractivity contribution >= 4 is 28.7 Å². The molecule has 4 aromatic rings. The standard InChI is InChI=1S/C22H24N8O2/c23-19-17(27-18-20(24)29-22(25)30-21(18)28-19)14-6-8-16(9-7-14)32-12-15(31)11-26-10-13-4-2-1-3-5-13/h1-9,15,26,31H,10-12H2,(H6,23,24,25,28,29,30). The molecule has 2 heterocycles. The number of hydrogen-bond donors (Lipinski definition) is 5. The van der Waals surface area contributed by atoms with E-state index >= 15 is 0 Å². The van der Waals surface area contributed by atoms with E-state index in [9.17, 15) is 5.11 Å². The van der Waals surface area contributed by atoms with Gasteiger partial charge >= 0.3 is 0 Å². The van der Waals surface area contributed by atoms with Crippen LogP contribution in [-0.4, -0.2) is 44.3 Å². The van der Waals surface area contributed by atoms with Gasteiger partial charge in [-0.3, -0.25) is 0 Å². The predicted octanol–water partition coefficient (Wildman–Crippen LogP) is 1.36. The van der Waals surface area contributed by atoms with Crippen molar-refractivity contribution in [2.75, 3.05) is 30.4 Å². The highest BCUT2D eigenvalue weighted by molar-refractivity contribution is 5.87. The lowest BCUT2D eigenvalue weighted by molar-refractivity contribution is 0.106. The van der Waals surface area contributed by atoms with E-state index in [0.29, 0.717) is 30.0 Å². The van der Waals surface area contributed by atoms with E-state index in [4.69, 9.17) is 21.9 Å². The molecule has 0 fully saturated rings. The molecule has 2 aromatic carbocycles. The summed E-state index contributed by atoms with van der Waals surface area (Å²) in [6.45, 7) is 1.27. The lowest BCUT2D eigenvalue weighted by Gasteiger charge is -2.14. The van der Waals surface area contributed by atoms with E-state index in [2.05, 4.69) is 25.3 Å². The number of ether oxygens (including phenoxy) is 1. The second-order valence-corrected chi connectivity index (χ2v) is 7.20. The zero-order chi connectivity index (χ0) is 22.5. The Labute approximate surface area is 184 Å². The van der Waals surface area contributed by atoms with Gasteiger partial charge in [0.2, 0.25) is 5.95 Å². The fourth-order valence-corrected chi connectivity index (χ4v) is 3.15. The Morgan fingerprint density at radius 3 is 2.38 bits per heavy atom. The number of nitrogens with one attached hydrogen (secondary N) is 1. The molecule has 0 aliphatic rings. The molecule has 0 amide bonds. The molecule has 1 atom stereocenters. The lowest BCUT2D eigenvalue weighted by atomic mass is 10.1. The number of nitrogen functional groups attached to an aromatic ring is 3. The van der Waals surface area contributed by atoms with Crippen molar-refractivity contribution in [3.05, 3.63) is 60.2 Å². The molecule has 0 saturated heterocycles. The number of nitrogens with two attached hydrogens (primary N) is 3. The van der Waals surface area contributed by atoms with E-state index < -0.39 is 6.10 Å². The smallest absolute Gasteiger partial charge is 0.224 e. The molecule has 4 rings (SSSR count). The number of aliphatic hydroxyl groups is 1. The van der Waals surface area contributed by atoms with Crippen LogP contribution in [0.2, 0.25) is 0 Å². The Hall–Kier alpha value is -4.02. The first-order valence-electron chi connectivity index (χ1n) is 10.0. The van der Waals surface area contributed by atoms with Gasteiger partial charge < -0.3 is 32.4 Å². The highest BCUT2D eigenvalue weighted by Gasteiger charge is 2.13. The topological polar surface area (TPSA) is 171 Å². The number of benzene rings is 2. The number of aromatic nitrogens is 4. The average Bonchev–Trinajstić information content (AvgIpc) is 2.78. The van der Waals surface area contributed by atoms with Gasteiger partial charge in [0.1, 0.15) is 24.2 Å². The van der Waals surface area contributed by atoms with Crippen LogP contribution in [0, 0.1) is 0 Å². The fourth-order valence-electron chi connectivity index (χ4n) is 3.15. The quantitative estimate of drug-likeness (QED) is 0.274. The molecular weight excluding hydrogens is 408 g/mol.